The fraction of sp³-hybridized carbons (Fsp3) is 0.192. The number of carbonyl (C=O) groups excluding carboxylic acids is 1. The fourth-order valence-corrected chi connectivity index (χ4v) is 3.69. The van der Waals surface area contributed by atoms with Crippen LogP contribution in [0.1, 0.15) is 24.4 Å². The first kappa shape index (κ1) is 21.3. The molecule has 4 aromatic rings. The molecule has 6 nitrogen and oxygen atoms in total. The summed E-state index contributed by atoms with van der Waals surface area (Å²) in [4.78, 5) is 32.9. The van der Waals surface area contributed by atoms with E-state index in [4.69, 9.17) is 9.72 Å². The van der Waals surface area contributed by atoms with Gasteiger partial charge in [-0.05, 0) is 48.9 Å². The van der Waals surface area contributed by atoms with E-state index in [9.17, 15) is 9.59 Å². The van der Waals surface area contributed by atoms with E-state index in [0.717, 1.165) is 11.3 Å². The summed E-state index contributed by atoms with van der Waals surface area (Å²) in [5.41, 5.74) is 2.07. The SMILES string of the molecule is COc1ccc(CC(=O)N(C)C(C)c2nc3ccccc3c(=O)n2-c2ccccc2)cc1. The molecule has 0 saturated heterocycles. The minimum absolute atomic E-state index is 0.0651. The summed E-state index contributed by atoms with van der Waals surface area (Å²) >= 11 is 0. The maximum Gasteiger partial charge on any atom is 0.266 e. The molecule has 1 aromatic heterocycles. The van der Waals surface area contributed by atoms with Gasteiger partial charge in [0.15, 0.2) is 0 Å². The average Bonchev–Trinajstić information content (AvgIpc) is 2.84. The minimum Gasteiger partial charge on any atom is -0.497 e. The minimum atomic E-state index is -0.418. The number of para-hydroxylation sites is 2. The van der Waals surface area contributed by atoms with E-state index in [1.54, 1.807) is 29.7 Å². The summed E-state index contributed by atoms with van der Waals surface area (Å²) in [5.74, 6) is 1.20. The van der Waals surface area contributed by atoms with Gasteiger partial charge in [-0.25, -0.2) is 4.98 Å². The number of hydrogen-bond donors (Lipinski definition) is 0. The number of ether oxygens (including phenoxy) is 1. The normalized spacial score (nSPS) is 11.8. The van der Waals surface area contributed by atoms with Gasteiger partial charge in [-0.15, -0.1) is 0 Å². The number of nitrogens with zero attached hydrogens (tertiary/aromatic N) is 3. The Balaban J connectivity index is 1.72. The summed E-state index contributed by atoms with van der Waals surface area (Å²) in [6, 6.07) is 23.7. The zero-order chi connectivity index (χ0) is 22.7. The highest BCUT2D eigenvalue weighted by Gasteiger charge is 2.24. The smallest absolute Gasteiger partial charge is 0.266 e. The Labute approximate surface area is 186 Å². The van der Waals surface area contributed by atoms with Crippen LogP contribution >= 0.6 is 0 Å². The number of rotatable bonds is 6. The van der Waals surface area contributed by atoms with Crippen LogP contribution in [0.3, 0.4) is 0 Å². The van der Waals surface area contributed by atoms with E-state index in [2.05, 4.69) is 0 Å². The molecular formula is C26H25N3O3. The van der Waals surface area contributed by atoms with Gasteiger partial charge < -0.3 is 9.64 Å². The number of methoxy groups -OCH3 is 1. The van der Waals surface area contributed by atoms with Crippen molar-refractivity contribution < 1.29 is 9.53 Å². The van der Waals surface area contributed by atoms with Gasteiger partial charge in [-0.3, -0.25) is 14.2 Å². The maximum absolute atomic E-state index is 13.4. The molecule has 0 bridgehead atoms. The van der Waals surface area contributed by atoms with Gasteiger partial charge in [0.25, 0.3) is 5.56 Å². The van der Waals surface area contributed by atoms with Crippen LogP contribution in [0.25, 0.3) is 16.6 Å². The Morgan fingerprint density at radius 3 is 2.34 bits per heavy atom. The number of aromatic nitrogens is 2. The van der Waals surface area contributed by atoms with Crippen molar-refractivity contribution in [3.05, 3.63) is 101 Å². The lowest BCUT2D eigenvalue weighted by Crippen LogP contribution is -2.35. The molecule has 3 aromatic carbocycles. The molecule has 1 atom stereocenters. The third-order valence-electron chi connectivity index (χ3n) is 5.68. The van der Waals surface area contributed by atoms with Crippen molar-refractivity contribution in [3.63, 3.8) is 0 Å². The van der Waals surface area contributed by atoms with Gasteiger partial charge in [-0.1, -0.05) is 42.5 Å². The lowest BCUT2D eigenvalue weighted by atomic mass is 10.1. The maximum atomic E-state index is 13.4. The number of carbonyl (C=O) groups is 1. The second-order valence-electron chi connectivity index (χ2n) is 7.67. The highest BCUT2D eigenvalue weighted by molar-refractivity contribution is 5.80. The standard InChI is InChI=1S/C26H25N3O3/c1-18(28(2)24(30)17-19-13-15-21(32-3)16-14-19)25-27-23-12-8-7-11-22(23)26(31)29(25)20-9-5-4-6-10-20/h4-16,18H,17H2,1-3H3. The summed E-state index contributed by atoms with van der Waals surface area (Å²) in [7, 11) is 3.35. The summed E-state index contributed by atoms with van der Waals surface area (Å²) < 4.78 is 6.78. The molecule has 1 unspecified atom stereocenters. The van der Waals surface area contributed by atoms with Crippen LogP contribution in [-0.4, -0.2) is 34.5 Å². The van der Waals surface area contributed by atoms with Crippen molar-refractivity contribution in [3.8, 4) is 11.4 Å². The molecule has 0 N–H and O–H groups in total. The highest BCUT2D eigenvalue weighted by atomic mass is 16.5. The molecule has 1 amide bonds. The average molecular weight is 428 g/mol. The van der Waals surface area contributed by atoms with Gasteiger partial charge in [0, 0.05) is 7.05 Å². The topological polar surface area (TPSA) is 64.4 Å². The molecule has 0 saturated carbocycles. The molecular weight excluding hydrogens is 402 g/mol. The Hall–Kier alpha value is -3.93. The van der Waals surface area contributed by atoms with Crippen molar-refractivity contribution in [1.82, 2.24) is 14.5 Å². The van der Waals surface area contributed by atoms with E-state index in [1.807, 2.05) is 79.7 Å². The molecule has 162 valence electrons. The van der Waals surface area contributed by atoms with Gasteiger partial charge >= 0.3 is 0 Å². The fourth-order valence-electron chi connectivity index (χ4n) is 3.69. The molecule has 32 heavy (non-hydrogen) atoms. The van der Waals surface area contributed by atoms with E-state index in [0.29, 0.717) is 22.4 Å². The predicted molar refractivity (Wildman–Crippen MR) is 125 cm³/mol. The Kier molecular flexibility index (Phi) is 6.03. The van der Waals surface area contributed by atoms with Gasteiger partial charge in [0.2, 0.25) is 5.91 Å². The third kappa shape index (κ3) is 4.12. The van der Waals surface area contributed by atoms with Crippen molar-refractivity contribution in [2.45, 2.75) is 19.4 Å². The first-order valence-corrected chi connectivity index (χ1v) is 10.5. The second-order valence-corrected chi connectivity index (χ2v) is 7.67. The molecule has 0 aliphatic heterocycles. The van der Waals surface area contributed by atoms with Crippen LogP contribution in [0.5, 0.6) is 5.75 Å². The molecule has 6 heteroatoms. The number of fused-ring (bicyclic) bond motifs is 1. The van der Waals surface area contributed by atoms with Gasteiger partial charge in [0.05, 0.1) is 36.2 Å². The van der Waals surface area contributed by atoms with E-state index >= 15 is 0 Å². The molecule has 0 aliphatic rings. The van der Waals surface area contributed by atoms with Crippen LogP contribution in [0.15, 0.2) is 83.7 Å². The second kappa shape index (κ2) is 9.06. The Bertz CT molecular complexity index is 1300. The number of hydrogen-bond acceptors (Lipinski definition) is 4. The largest absolute Gasteiger partial charge is 0.497 e. The van der Waals surface area contributed by atoms with E-state index < -0.39 is 6.04 Å². The highest BCUT2D eigenvalue weighted by Crippen LogP contribution is 2.22. The molecule has 1 heterocycles. The summed E-state index contributed by atoms with van der Waals surface area (Å²) in [6.07, 6.45) is 0.244. The van der Waals surface area contributed by atoms with E-state index in [-0.39, 0.29) is 17.9 Å². The first-order valence-electron chi connectivity index (χ1n) is 10.5. The van der Waals surface area contributed by atoms with E-state index in [1.165, 1.54) is 0 Å². The molecule has 0 spiro atoms. The van der Waals surface area contributed by atoms with Crippen LogP contribution in [-0.2, 0) is 11.2 Å². The lowest BCUT2D eigenvalue weighted by molar-refractivity contribution is -0.131. The molecule has 0 radical (unpaired) electrons. The van der Waals surface area contributed by atoms with Crippen LogP contribution in [0, 0.1) is 0 Å². The predicted octanol–water partition coefficient (Wildman–Crippen LogP) is 4.16. The van der Waals surface area contributed by atoms with Gasteiger partial charge in [-0.2, -0.15) is 0 Å². The van der Waals surface area contributed by atoms with Gasteiger partial charge in [0.1, 0.15) is 11.6 Å². The zero-order valence-electron chi connectivity index (χ0n) is 18.4. The van der Waals surface area contributed by atoms with Crippen molar-refractivity contribution >= 4 is 16.8 Å². The van der Waals surface area contributed by atoms with Crippen LogP contribution in [0.4, 0.5) is 0 Å². The number of amides is 1. The molecule has 0 fully saturated rings. The first-order chi connectivity index (χ1) is 15.5. The molecule has 4 rings (SSSR count). The van der Waals surface area contributed by atoms with Crippen molar-refractivity contribution in [2.24, 2.45) is 0 Å². The van der Waals surface area contributed by atoms with Crippen molar-refractivity contribution in [1.29, 1.82) is 0 Å². The Morgan fingerprint density at radius 1 is 1.00 bits per heavy atom. The van der Waals surface area contributed by atoms with Crippen LogP contribution < -0.4 is 10.3 Å². The number of benzene rings is 3. The Morgan fingerprint density at radius 2 is 1.66 bits per heavy atom. The summed E-state index contributed by atoms with van der Waals surface area (Å²) in [6.45, 7) is 1.89. The monoisotopic (exact) mass is 427 g/mol. The summed E-state index contributed by atoms with van der Waals surface area (Å²) in [5, 5.41) is 0.541. The van der Waals surface area contributed by atoms with Crippen molar-refractivity contribution in [2.75, 3.05) is 14.2 Å². The quantitative estimate of drug-likeness (QED) is 0.464. The zero-order valence-corrected chi connectivity index (χ0v) is 18.4. The number of likely N-dealkylation sites (N-methyl/N-ethyl adjacent to an activating group) is 1. The third-order valence-corrected chi connectivity index (χ3v) is 5.68. The lowest BCUT2D eigenvalue weighted by Gasteiger charge is -2.27. The molecule has 0 aliphatic carbocycles. The van der Waals surface area contributed by atoms with Crippen LogP contribution in [0.2, 0.25) is 0 Å².